The molecule has 4 aromatic rings. The second kappa shape index (κ2) is 7.31. The molecule has 1 aliphatic heterocycles. The molecule has 0 spiro atoms. The molecule has 0 unspecified atom stereocenters. The molecule has 0 amide bonds. The SMILES string of the molecule is Cc1cccc2c1c(O)c(C1=NS(=O)(=O)c3ncccc3N1)c(=O)n2Cc1ccccc1. The van der Waals surface area contributed by atoms with E-state index >= 15 is 0 Å². The number of pyridine rings is 2. The third kappa shape index (κ3) is 3.14. The summed E-state index contributed by atoms with van der Waals surface area (Å²) in [6.07, 6.45) is 1.35. The van der Waals surface area contributed by atoms with Crippen LogP contribution in [0, 0.1) is 6.92 Å². The summed E-state index contributed by atoms with van der Waals surface area (Å²) < 4.78 is 30.7. The number of sulfonamides is 1. The van der Waals surface area contributed by atoms with Crippen molar-refractivity contribution >= 4 is 32.4 Å². The smallest absolute Gasteiger partial charge is 0.303 e. The fourth-order valence-corrected chi connectivity index (χ4v) is 4.96. The minimum Gasteiger partial charge on any atom is -0.506 e. The number of hydrogen-bond acceptors (Lipinski definition) is 6. The van der Waals surface area contributed by atoms with E-state index in [-0.39, 0.29) is 34.4 Å². The molecule has 0 radical (unpaired) electrons. The van der Waals surface area contributed by atoms with Gasteiger partial charge in [-0.15, -0.1) is 4.40 Å². The Morgan fingerprint density at radius 2 is 1.81 bits per heavy atom. The normalized spacial score (nSPS) is 14.5. The molecule has 9 heteroatoms. The standard InChI is InChI=1S/C23H18N4O4S/c1-14-7-5-11-17-18(14)20(28)19(23(29)27(17)13-15-8-3-2-4-9-15)21-25-16-10-6-12-24-22(16)32(30,31)26-21/h2-12,28H,13H2,1H3,(H,25,26). The minimum absolute atomic E-state index is 0.191. The lowest BCUT2D eigenvalue weighted by Crippen LogP contribution is -2.33. The van der Waals surface area contributed by atoms with Crippen molar-refractivity contribution in [3.63, 3.8) is 0 Å². The Morgan fingerprint density at radius 3 is 2.59 bits per heavy atom. The Bertz CT molecular complexity index is 1580. The van der Waals surface area contributed by atoms with Crippen LogP contribution in [0.25, 0.3) is 10.9 Å². The Morgan fingerprint density at radius 1 is 1.03 bits per heavy atom. The highest BCUT2D eigenvalue weighted by Gasteiger charge is 2.31. The third-order valence-electron chi connectivity index (χ3n) is 5.37. The molecule has 2 aromatic carbocycles. The average Bonchev–Trinajstić information content (AvgIpc) is 2.77. The number of hydrogen-bond donors (Lipinski definition) is 2. The van der Waals surface area contributed by atoms with Crippen LogP contribution in [0.3, 0.4) is 0 Å². The van der Waals surface area contributed by atoms with Gasteiger partial charge in [-0.25, -0.2) is 4.98 Å². The van der Waals surface area contributed by atoms with E-state index in [1.165, 1.54) is 16.8 Å². The Hall–Kier alpha value is -3.98. The average molecular weight is 446 g/mol. The van der Waals surface area contributed by atoms with Gasteiger partial charge in [-0.05, 0) is 36.2 Å². The molecule has 160 valence electrons. The number of fused-ring (bicyclic) bond motifs is 2. The number of aryl methyl sites for hydroxylation is 1. The van der Waals surface area contributed by atoms with Crippen LogP contribution in [0.15, 0.2) is 81.1 Å². The first kappa shape index (κ1) is 20.0. The first-order valence-corrected chi connectivity index (χ1v) is 11.3. The van der Waals surface area contributed by atoms with Crippen molar-refractivity contribution in [1.82, 2.24) is 9.55 Å². The number of benzene rings is 2. The maximum Gasteiger partial charge on any atom is 0.303 e. The largest absolute Gasteiger partial charge is 0.506 e. The first-order valence-electron chi connectivity index (χ1n) is 9.83. The molecule has 0 saturated carbocycles. The van der Waals surface area contributed by atoms with Crippen LogP contribution >= 0.6 is 0 Å². The first-order chi connectivity index (χ1) is 15.4. The van der Waals surface area contributed by atoms with E-state index in [2.05, 4.69) is 14.7 Å². The zero-order valence-electron chi connectivity index (χ0n) is 17.0. The van der Waals surface area contributed by atoms with E-state index in [1.54, 1.807) is 18.2 Å². The number of aromatic hydroxyl groups is 1. The molecule has 5 rings (SSSR count). The summed E-state index contributed by atoms with van der Waals surface area (Å²) in [5.41, 5.74) is 1.59. The van der Waals surface area contributed by atoms with Gasteiger partial charge in [0.15, 0.2) is 5.84 Å². The molecule has 0 bridgehead atoms. The van der Waals surface area contributed by atoms with Gasteiger partial charge in [0.25, 0.3) is 5.56 Å². The van der Waals surface area contributed by atoms with E-state index in [0.717, 1.165) is 11.1 Å². The highest BCUT2D eigenvalue weighted by molar-refractivity contribution is 7.90. The summed E-state index contributed by atoms with van der Waals surface area (Å²) in [6, 6.07) is 17.9. The summed E-state index contributed by atoms with van der Waals surface area (Å²) in [7, 11) is -4.15. The number of nitrogens with one attached hydrogen (secondary N) is 1. The van der Waals surface area contributed by atoms with Crippen LogP contribution in [0.1, 0.15) is 16.7 Å². The van der Waals surface area contributed by atoms with Crippen molar-refractivity contribution in [3.05, 3.63) is 93.9 Å². The van der Waals surface area contributed by atoms with Gasteiger partial charge in [0.2, 0.25) is 5.03 Å². The van der Waals surface area contributed by atoms with Gasteiger partial charge in [-0.2, -0.15) is 8.42 Å². The van der Waals surface area contributed by atoms with Gasteiger partial charge < -0.3 is 15.0 Å². The molecule has 3 heterocycles. The van der Waals surface area contributed by atoms with Crippen LogP contribution in [-0.2, 0) is 16.6 Å². The van der Waals surface area contributed by atoms with Crippen LogP contribution in [0.4, 0.5) is 5.69 Å². The van der Waals surface area contributed by atoms with E-state index in [9.17, 15) is 18.3 Å². The molecule has 0 aliphatic carbocycles. The van der Waals surface area contributed by atoms with Crippen molar-refractivity contribution < 1.29 is 13.5 Å². The highest BCUT2D eigenvalue weighted by atomic mass is 32.2. The summed E-state index contributed by atoms with van der Waals surface area (Å²) in [4.78, 5) is 17.5. The topological polar surface area (TPSA) is 114 Å². The number of amidine groups is 1. The van der Waals surface area contributed by atoms with Gasteiger partial charge >= 0.3 is 10.0 Å². The number of anilines is 1. The van der Waals surface area contributed by atoms with E-state index < -0.39 is 15.6 Å². The van der Waals surface area contributed by atoms with Crippen molar-refractivity contribution in [2.75, 3.05) is 5.32 Å². The molecular weight excluding hydrogens is 428 g/mol. The van der Waals surface area contributed by atoms with Crippen LogP contribution in [0.5, 0.6) is 5.75 Å². The summed E-state index contributed by atoms with van der Waals surface area (Å²) in [5, 5.41) is 14.2. The van der Waals surface area contributed by atoms with Gasteiger partial charge in [0.05, 0.1) is 17.7 Å². The van der Waals surface area contributed by atoms with E-state index in [1.807, 2.05) is 43.3 Å². The lowest BCUT2D eigenvalue weighted by atomic mass is 10.0. The van der Waals surface area contributed by atoms with Crippen LogP contribution in [0.2, 0.25) is 0 Å². The van der Waals surface area contributed by atoms with E-state index in [4.69, 9.17) is 0 Å². The fourth-order valence-electron chi connectivity index (χ4n) is 3.91. The third-order valence-corrected chi connectivity index (χ3v) is 6.61. The maximum absolute atomic E-state index is 13.6. The molecule has 0 atom stereocenters. The van der Waals surface area contributed by atoms with Crippen LogP contribution < -0.4 is 10.9 Å². The molecule has 32 heavy (non-hydrogen) atoms. The van der Waals surface area contributed by atoms with Crippen molar-refractivity contribution in [2.24, 2.45) is 4.40 Å². The molecule has 1 aliphatic rings. The van der Waals surface area contributed by atoms with Gasteiger partial charge in [0, 0.05) is 11.6 Å². The fraction of sp³-hybridized carbons (Fsp3) is 0.0870. The molecule has 8 nitrogen and oxygen atoms in total. The summed E-state index contributed by atoms with van der Waals surface area (Å²) in [5.74, 6) is -0.554. The molecule has 0 saturated heterocycles. The predicted molar refractivity (Wildman–Crippen MR) is 122 cm³/mol. The quantitative estimate of drug-likeness (QED) is 0.500. The summed E-state index contributed by atoms with van der Waals surface area (Å²) >= 11 is 0. The monoisotopic (exact) mass is 446 g/mol. The Balaban J connectivity index is 1.81. The predicted octanol–water partition coefficient (Wildman–Crippen LogP) is 3.02. The maximum atomic E-state index is 13.6. The zero-order chi connectivity index (χ0) is 22.5. The van der Waals surface area contributed by atoms with Gasteiger partial charge in [-0.3, -0.25) is 4.79 Å². The summed E-state index contributed by atoms with van der Waals surface area (Å²) in [6.45, 7) is 2.06. The second-order valence-corrected chi connectivity index (χ2v) is 8.99. The van der Waals surface area contributed by atoms with Crippen molar-refractivity contribution in [1.29, 1.82) is 0 Å². The molecule has 2 aromatic heterocycles. The number of rotatable bonds is 3. The number of nitrogens with zero attached hydrogens (tertiary/aromatic N) is 3. The Kier molecular flexibility index (Phi) is 4.56. The molecule has 2 N–H and O–H groups in total. The second-order valence-electron chi connectivity index (χ2n) is 7.47. The van der Waals surface area contributed by atoms with Crippen LogP contribution in [-0.4, -0.2) is 28.9 Å². The zero-order valence-corrected chi connectivity index (χ0v) is 17.8. The lowest BCUT2D eigenvalue weighted by molar-refractivity contribution is 0.477. The minimum atomic E-state index is -4.15. The highest BCUT2D eigenvalue weighted by Crippen LogP contribution is 2.33. The number of aromatic nitrogens is 2. The van der Waals surface area contributed by atoms with Gasteiger partial charge in [-0.1, -0.05) is 42.5 Å². The van der Waals surface area contributed by atoms with Crippen molar-refractivity contribution in [3.8, 4) is 5.75 Å². The lowest BCUT2D eigenvalue weighted by Gasteiger charge is -2.20. The van der Waals surface area contributed by atoms with Gasteiger partial charge in [0.1, 0.15) is 11.3 Å². The van der Waals surface area contributed by atoms with Crippen molar-refractivity contribution in [2.45, 2.75) is 18.5 Å². The molecular formula is C23H18N4O4S. The molecule has 0 fully saturated rings. The Labute approximate surface area is 183 Å². The van der Waals surface area contributed by atoms with E-state index in [0.29, 0.717) is 10.9 Å².